The largest absolute Gasteiger partial charge is 0.495 e. The van der Waals surface area contributed by atoms with Crippen LogP contribution in [0, 0.1) is 0 Å². The molecule has 29 heavy (non-hydrogen) atoms. The zero-order chi connectivity index (χ0) is 21.6. The van der Waals surface area contributed by atoms with Crippen LogP contribution < -0.4 is 19.1 Å². The van der Waals surface area contributed by atoms with E-state index in [-0.39, 0.29) is 17.3 Å². The van der Waals surface area contributed by atoms with E-state index in [4.69, 9.17) is 21.1 Å². The van der Waals surface area contributed by atoms with Crippen molar-refractivity contribution in [3.63, 3.8) is 0 Å². The fourth-order valence-electron chi connectivity index (χ4n) is 2.81. The fourth-order valence-corrected chi connectivity index (χ4v) is 4.23. The van der Waals surface area contributed by atoms with Crippen molar-refractivity contribution in [2.45, 2.75) is 26.4 Å². The molecule has 0 heterocycles. The van der Waals surface area contributed by atoms with E-state index in [9.17, 15) is 13.2 Å². The molecule has 9 heteroatoms. The summed E-state index contributed by atoms with van der Waals surface area (Å²) < 4.78 is 36.3. The van der Waals surface area contributed by atoms with Crippen molar-refractivity contribution in [1.82, 2.24) is 5.32 Å². The predicted molar refractivity (Wildman–Crippen MR) is 114 cm³/mol. The zero-order valence-corrected chi connectivity index (χ0v) is 18.4. The van der Waals surface area contributed by atoms with Crippen molar-refractivity contribution in [3.8, 4) is 11.5 Å². The quantitative estimate of drug-likeness (QED) is 0.647. The number of carbonyl (C=O) groups excluding carboxylic acids is 1. The lowest BCUT2D eigenvalue weighted by molar-refractivity contribution is -0.122. The highest BCUT2D eigenvalue weighted by Gasteiger charge is 2.29. The van der Waals surface area contributed by atoms with Crippen LogP contribution in [0.25, 0.3) is 0 Å². The zero-order valence-electron chi connectivity index (χ0n) is 16.8. The number of rotatable bonds is 9. The van der Waals surface area contributed by atoms with Gasteiger partial charge in [-0.3, -0.25) is 9.10 Å². The summed E-state index contributed by atoms with van der Waals surface area (Å²) in [6.45, 7) is 4.26. The van der Waals surface area contributed by atoms with Gasteiger partial charge in [0.05, 0.1) is 30.7 Å². The van der Waals surface area contributed by atoms with Crippen molar-refractivity contribution >= 4 is 33.2 Å². The molecule has 7 nitrogen and oxygen atoms in total. The van der Waals surface area contributed by atoms with Gasteiger partial charge in [0.15, 0.2) is 0 Å². The average Bonchev–Trinajstić information content (AvgIpc) is 2.66. The van der Waals surface area contributed by atoms with Gasteiger partial charge in [-0.05, 0) is 49.7 Å². The van der Waals surface area contributed by atoms with E-state index in [1.54, 1.807) is 12.1 Å². The maximum atomic E-state index is 12.7. The van der Waals surface area contributed by atoms with Gasteiger partial charge in [0.25, 0.3) is 0 Å². The third kappa shape index (κ3) is 6.01. The number of methoxy groups -OCH3 is 1. The molecule has 0 fully saturated rings. The van der Waals surface area contributed by atoms with E-state index in [0.717, 1.165) is 21.9 Å². The number of nitrogens with zero attached hydrogens (tertiary/aromatic N) is 1. The Balaban J connectivity index is 2.15. The Morgan fingerprint density at radius 2 is 1.86 bits per heavy atom. The Labute approximate surface area is 176 Å². The van der Waals surface area contributed by atoms with Gasteiger partial charge < -0.3 is 14.8 Å². The minimum atomic E-state index is -3.74. The lowest BCUT2D eigenvalue weighted by Crippen LogP contribution is -2.47. The Hall–Kier alpha value is -2.45. The number of sulfonamides is 1. The van der Waals surface area contributed by atoms with Crippen LogP contribution in [0.5, 0.6) is 11.5 Å². The Morgan fingerprint density at radius 1 is 1.21 bits per heavy atom. The van der Waals surface area contributed by atoms with Crippen LogP contribution >= 0.6 is 11.6 Å². The van der Waals surface area contributed by atoms with Crippen molar-refractivity contribution < 1.29 is 22.7 Å². The van der Waals surface area contributed by atoms with Gasteiger partial charge in [0, 0.05) is 6.54 Å². The van der Waals surface area contributed by atoms with Gasteiger partial charge in [-0.1, -0.05) is 23.7 Å². The smallest absolute Gasteiger partial charge is 0.243 e. The second-order valence-electron chi connectivity index (χ2n) is 6.35. The third-order valence-corrected chi connectivity index (χ3v) is 5.72. The number of hydrogen-bond acceptors (Lipinski definition) is 5. The number of halogens is 1. The molecule has 2 aromatic rings. The number of benzene rings is 2. The van der Waals surface area contributed by atoms with Crippen LogP contribution in [-0.4, -0.2) is 40.3 Å². The average molecular weight is 441 g/mol. The number of carbonyl (C=O) groups is 1. The molecule has 1 atom stereocenters. The predicted octanol–water partition coefficient (Wildman–Crippen LogP) is 3.22. The molecule has 0 radical (unpaired) electrons. The molecule has 0 unspecified atom stereocenters. The van der Waals surface area contributed by atoms with Crippen LogP contribution in [-0.2, 0) is 21.4 Å². The van der Waals surface area contributed by atoms with E-state index in [2.05, 4.69) is 5.32 Å². The minimum absolute atomic E-state index is 0.251. The number of hydrogen-bond donors (Lipinski definition) is 1. The summed E-state index contributed by atoms with van der Waals surface area (Å²) in [5.41, 5.74) is 1.15. The summed E-state index contributed by atoms with van der Waals surface area (Å²) >= 11 is 6.13. The first-order valence-corrected chi connectivity index (χ1v) is 11.2. The molecule has 2 aromatic carbocycles. The van der Waals surface area contributed by atoms with Crippen molar-refractivity contribution in [2.75, 3.05) is 24.3 Å². The maximum Gasteiger partial charge on any atom is 0.243 e. The molecule has 1 amide bonds. The minimum Gasteiger partial charge on any atom is -0.495 e. The second kappa shape index (κ2) is 9.84. The lowest BCUT2D eigenvalue weighted by Gasteiger charge is -2.28. The van der Waals surface area contributed by atoms with Crippen LogP contribution in [0.1, 0.15) is 19.4 Å². The summed E-state index contributed by atoms with van der Waals surface area (Å²) in [5.74, 6) is 0.725. The molecule has 2 rings (SSSR count). The second-order valence-corrected chi connectivity index (χ2v) is 8.62. The molecular weight excluding hydrogens is 416 g/mol. The third-order valence-electron chi connectivity index (χ3n) is 4.18. The number of amides is 1. The van der Waals surface area contributed by atoms with Gasteiger partial charge in [-0.25, -0.2) is 8.42 Å². The topological polar surface area (TPSA) is 84.9 Å². The molecule has 0 aliphatic rings. The van der Waals surface area contributed by atoms with Crippen LogP contribution in [0.15, 0.2) is 42.5 Å². The fraction of sp³-hybridized carbons (Fsp3) is 0.350. The van der Waals surface area contributed by atoms with Gasteiger partial charge in [-0.15, -0.1) is 0 Å². The van der Waals surface area contributed by atoms with Crippen LogP contribution in [0.3, 0.4) is 0 Å². The van der Waals surface area contributed by atoms with Crippen LogP contribution in [0.4, 0.5) is 5.69 Å². The van der Waals surface area contributed by atoms with E-state index < -0.39 is 22.0 Å². The highest BCUT2D eigenvalue weighted by molar-refractivity contribution is 7.92. The molecule has 0 saturated heterocycles. The molecule has 0 spiro atoms. The van der Waals surface area contributed by atoms with E-state index in [1.165, 1.54) is 20.1 Å². The molecule has 0 aliphatic carbocycles. The van der Waals surface area contributed by atoms with Crippen molar-refractivity contribution in [3.05, 3.63) is 53.1 Å². The number of nitrogens with one attached hydrogen (secondary N) is 1. The van der Waals surface area contributed by atoms with Gasteiger partial charge in [-0.2, -0.15) is 0 Å². The normalized spacial score (nSPS) is 12.2. The van der Waals surface area contributed by atoms with Crippen LogP contribution in [0.2, 0.25) is 5.02 Å². The molecule has 158 valence electrons. The highest BCUT2D eigenvalue weighted by atomic mass is 35.5. The van der Waals surface area contributed by atoms with E-state index in [0.29, 0.717) is 12.4 Å². The summed E-state index contributed by atoms with van der Waals surface area (Å²) in [7, 11) is -2.27. The van der Waals surface area contributed by atoms with Gasteiger partial charge in [0.1, 0.15) is 17.5 Å². The Morgan fingerprint density at radius 3 is 2.38 bits per heavy atom. The Kier molecular flexibility index (Phi) is 7.75. The Bertz CT molecular complexity index is 948. The first-order valence-electron chi connectivity index (χ1n) is 8.99. The monoisotopic (exact) mass is 440 g/mol. The molecule has 0 saturated carbocycles. The van der Waals surface area contributed by atoms with E-state index >= 15 is 0 Å². The van der Waals surface area contributed by atoms with Crippen molar-refractivity contribution in [2.24, 2.45) is 0 Å². The van der Waals surface area contributed by atoms with Crippen molar-refractivity contribution in [1.29, 1.82) is 0 Å². The SMILES string of the molecule is CCOc1ccc(CNC(=O)[C@@H](C)N(c2ccc(OC)c(Cl)c2)S(C)(=O)=O)cc1. The molecular formula is C20H25ClN2O5S. The van der Waals surface area contributed by atoms with E-state index in [1.807, 2.05) is 31.2 Å². The highest BCUT2D eigenvalue weighted by Crippen LogP contribution is 2.31. The summed E-state index contributed by atoms with van der Waals surface area (Å²) in [4.78, 5) is 12.7. The standard InChI is InChI=1S/C20H25ClN2O5S/c1-5-28-17-9-6-15(7-10-17)13-22-20(24)14(2)23(29(4,25)26)16-8-11-19(27-3)18(21)12-16/h6-12,14H,5,13H2,1-4H3,(H,22,24)/t14-/m1/s1. The van der Waals surface area contributed by atoms with Gasteiger partial charge in [0.2, 0.25) is 15.9 Å². The molecule has 0 aliphatic heterocycles. The number of ether oxygens (including phenoxy) is 2. The lowest BCUT2D eigenvalue weighted by atomic mass is 10.2. The summed E-state index contributed by atoms with van der Waals surface area (Å²) in [6.07, 6.45) is 1.04. The summed E-state index contributed by atoms with van der Waals surface area (Å²) in [6, 6.07) is 10.9. The molecule has 0 bridgehead atoms. The first-order chi connectivity index (χ1) is 13.7. The van der Waals surface area contributed by atoms with Gasteiger partial charge >= 0.3 is 0 Å². The molecule has 1 N–H and O–H groups in total. The maximum absolute atomic E-state index is 12.7. The first kappa shape index (κ1) is 22.8. The summed E-state index contributed by atoms with van der Waals surface area (Å²) in [5, 5.41) is 3.02. The molecule has 0 aromatic heterocycles. The number of anilines is 1.